The molecule has 0 spiro atoms. The summed E-state index contributed by atoms with van der Waals surface area (Å²) in [7, 11) is 0. The van der Waals surface area contributed by atoms with Gasteiger partial charge in [-0.1, -0.05) is 66.7 Å². The first kappa shape index (κ1) is 27.7. The summed E-state index contributed by atoms with van der Waals surface area (Å²) in [5.41, 5.74) is 0.307. The molecule has 0 bridgehead atoms. The van der Waals surface area contributed by atoms with Gasteiger partial charge in [0, 0.05) is 6.92 Å². The second kappa shape index (κ2) is 13.5. The normalized spacial score (nSPS) is 19.9. The number of hydrogen-bond donors (Lipinski definition) is 0. The summed E-state index contributed by atoms with van der Waals surface area (Å²) in [6.45, 7) is 0.950. The van der Waals surface area contributed by atoms with Crippen LogP contribution in [-0.4, -0.2) is 53.6 Å². The summed E-state index contributed by atoms with van der Waals surface area (Å²) < 4.78 is 27.4. The maximum absolute atomic E-state index is 13.0. The van der Waals surface area contributed by atoms with Gasteiger partial charge in [0.15, 0.2) is 17.6 Å². The summed E-state index contributed by atoms with van der Waals surface area (Å²) in [5, 5.41) is -0.721. The number of ether oxygens (including phenoxy) is 5. The van der Waals surface area contributed by atoms with Crippen molar-refractivity contribution in [2.75, 3.05) is 6.61 Å². The number of carbonyl (C=O) groups is 4. The Bertz CT molecular complexity index is 1270. The van der Waals surface area contributed by atoms with E-state index in [2.05, 4.69) is 0 Å². The summed E-state index contributed by atoms with van der Waals surface area (Å²) in [5.74, 6) is -1.90. The number of benzene rings is 3. The van der Waals surface area contributed by atoms with Gasteiger partial charge in [0.25, 0.3) is 0 Å². The van der Waals surface area contributed by atoms with Crippen LogP contribution in [0.2, 0.25) is 0 Å². The van der Waals surface area contributed by atoms with Gasteiger partial charge < -0.3 is 23.7 Å². The molecule has 0 aromatic heterocycles. The molecule has 0 amide bonds. The highest BCUT2D eigenvalue weighted by Crippen LogP contribution is 2.40. The number of esters is 3. The molecule has 1 heterocycles. The minimum atomic E-state index is -1.23. The molecule has 0 radical (unpaired) electrons. The van der Waals surface area contributed by atoms with Crippen LogP contribution in [0.4, 0.5) is 4.79 Å². The van der Waals surface area contributed by atoms with E-state index in [1.807, 2.05) is 6.07 Å². The van der Waals surface area contributed by atoms with Crippen molar-refractivity contribution >= 4 is 35.8 Å². The van der Waals surface area contributed by atoms with Gasteiger partial charge >= 0.3 is 24.1 Å². The fraction of sp³-hybridized carbons (Fsp3) is 0.241. The Balaban J connectivity index is 1.52. The van der Waals surface area contributed by atoms with E-state index in [9.17, 15) is 19.2 Å². The molecule has 3 aromatic rings. The molecule has 1 fully saturated rings. The van der Waals surface area contributed by atoms with Crippen LogP contribution in [0.15, 0.2) is 91.0 Å². The molecule has 1 aliphatic rings. The van der Waals surface area contributed by atoms with E-state index >= 15 is 0 Å². The molecule has 202 valence electrons. The Labute approximate surface area is 229 Å². The average molecular weight is 551 g/mol. The van der Waals surface area contributed by atoms with Crippen molar-refractivity contribution in [1.82, 2.24) is 0 Å². The standard InChI is InChI=1S/C29H26O9S/c1-19(30)36-28-25(38-29(33)35-17-20-11-5-2-6-12-20)24(37-27(32)22-15-9-4-10-16-22)23(39-28)18-34-26(31)21-13-7-3-8-14-21/h2-16,23-25,28H,17-18H2,1H3/t23-,24-,25+,28?/m1/s1. The van der Waals surface area contributed by atoms with Gasteiger partial charge in [-0.2, -0.15) is 0 Å². The van der Waals surface area contributed by atoms with E-state index in [4.69, 9.17) is 23.7 Å². The largest absolute Gasteiger partial charge is 0.509 e. The van der Waals surface area contributed by atoms with Crippen LogP contribution in [0, 0.1) is 0 Å². The maximum Gasteiger partial charge on any atom is 0.509 e. The van der Waals surface area contributed by atoms with E-state index < -0.39 is 47.0 Å². The number of carbonyl (C=O) groups excluding carboxylic acids is 4. The molecule has 0 aliphatic carbocycles. The van der Waals surface area contributed by atoms with Crippen molar-refractivity contribution in [3.63, 3.8) is 0 Å². The van der Waals surface area contributed by atoms with Gasteiger partial charge in [-0.15, -0.1) is 11.8 Å². The summed E-state index contributed by atoms with van der Waals surface area (Å²) in [6.07, 6.45) is -3.39. The van der Waals surface area contributed by atoms with Crippen LogP contribution in [-0.2, 0) is 35.1 Å². The first-order chi connectivity index (χ1) is 18.9. The van der Waals surface area contributed by atoms with Gasteiger partial charge in [0.2, 0.25) is 0 Å². The zero-order chi connectivity index (χ0) is 27.6. The summed E-state index contributed by atoms with van der Waals surface area (Å²) in [4.78, 5) is 50.0. The van der Waals surface area contributed by atoms with Crippen LogP contribution in [0.3, 0.4) is 0 Å². The molecule has 0 N–H and O–H groups in total. The van der Waals surface area contributed by atoms with Crippen molar-refractivity contribution in [1.29, 1.82) is 0 Å². The molecule has 4 rings (SSSR count). The highest BCUT2D eigenvalue weighted by atomic mass is 32.2. The van der Waals surface area contributed by atoms with Crippen molar-refractivity contribution < 1.29 is 42.9 Å². The van der Waals surface area contributed by atoms with Crippen LogP contribution in [0.1, 0.15) is 33.2 Å². The van der Waals surface area contributed by atoms with E-state index in [0.717, 1.165) is 17.3 Å². The fourth-order valence-corrected chi connectivity index (χ4v) is 5.21. The first-order valence-corrected chi connectivity index (χ1v) is 13.0. The summed E-state index contributed by atoms with van der Waals surface area (Å²) >= 11 is 1.06. The van der Waals surface area contributed by atoms with E-state index in [1.165, 1.54) is 6.92 Å². The molecular formula is C29H26O9S. The van der Waals surface area contributed by atoms with E-state index in [1.54, 1.807) is 84.9 Å². The molecule has 1 unspecified atom stereocenters. The van der Waals surface area contributed by atoms with Gasteiger partial charge in [-0.3, -0.25) is 4.79 Å². The SMILES string of the molecule is CC(=O)OC1S[C@H](COC(=O)c2ccccc2)[C@@H](OC(=O)c2ccccc2)[C@@H]1OC(=O)OCc1ccccc1. The molecule has 3 aromatic carbocycles. The zero-order valence-corrected chi connectivity index (χ0v) is 21.8. The molecule has 4 atom stereocenters. The third kappa shape index (κ3) is 7.84. The Morgan fingerprint density at radius 1 is 0.667 bits per heavy atom. The van der Waals surface area contributed by atoms with E-state index in [0.29, 0.717) is 5.56 Å². The van der Waals surface area contributed by atoms with Crippen LogP contribution in [0.25, 0.3) is 0 Å². The lowest BCUT2D eigenvalue weighted by atomic mass is 10.1. The van der Waals surface area contributed by atoms with Gasteiger partial charge in [0.1, 0.15) is 13.2 Å². The number of hydrogen-bond acceptors (Lipinski definition) is 10. The predicted molar refractivity (Wildman–Crippen MR) is 141 cm³/mol. The third-order valence-corrected chi connectivity index (χ3v) is 7.01. The second-order valence-corrected chi connectivity index (χ2v) is 9.80. The minimum absolute atomic E-state index is 0.0512. The Morgan fingerprint density at radius 2 is 1.23 bits per heavy atom. The van der Waals surface area contributed by atoms with Gasteiger partial charge in [-0.05, 0) is 29.8 Å². The van der Waals surface area contributed by atoms with Crippen molar-refractivity contribution in [3.05, 3.63) is 108 Å². The fourth-order valence-electron chi connectivity index (χ4n) is 3.79. The highest BCUT2D eigenvalue weighted by Gasteiger charge is 2.52. The first-order valence-electron chi connectivity index (χ1n) is 12.1. The zero-order valence-electron chi connectivity index (χ0n) is 21.0. The lowest BCUT2D eigenvalue weighted by molar-refractivity contribution is -0.149. The lowest BCUT2D eigenvalue weighted by Crippen LogP contribution is -2.42. The Morgan fingerprint density at radius 3 is 1.82 bits per heavy atom. The lowest BCUT2D eigenvalue weighted by Gasteiger charge is -2.25. The average Bonchev–Trinajstić information content (AvgIpc) is 3.26. The molecule has 0 saturated carbocycles. The van der Waals surface area contributed by atoms with Crippen molar-refractivity contribution in [2.24, 2.45) is 0 Å². The van der Waals surface area contributed by atoms with Gasteiger partial charge in [0.05, 0.1) is 16.4 Å². The Hall–Kier alpha value is -4.31. The second-order valence-electron chi connectivity index (χ2n) is 8.46. The molecule has 9 nitrogen and oxygen atoms in total. The highest BCUT2D eigenvalue weighted by molar-refractivity contribution is 8.00. The van der Waals surface area contributed by atoms with Gasteiger partial charge in [-0.25, -0.2) is 14.4 Å². The molecule has 1 saturated heterocycles. The monoisotopic (exact) mass is 550 g/mol. The minimum Gasteiger partial charge on any atom is -0.461 e. The predicted octanol–water partition coefficient (Wildman–Crippen LogP) is 4.80. The molecule has 1 aliphatic heterocycles. The topological polar surface area (TPSA) is 114 Å². The van der Waals surface area contributed by atoms with Crippen LogP contribution < -0.4 is 0 Å². The quantitative estimate of drug-likeness (QED) is 0.272. The maximum atomic E-state index is 13.0. The Kier molecular flexibility index (Phi) is 9.58. The van der Waals surface area contributed by atoms with Crippen LogP contribution >= 0.6 is 11.8 Å². The van der Waals surface area contributed by atoms with Crippen LogP contribution in [0.5, 0.6) is 0 Å². The smallest absolute Gasteiger partial charge is 0.461 e. The number of thioether (sulfide) groups is 1. The molecule has 10 heteroatoms. The number of rotatable bonds is 9. The summed E-state index contributed by atoms with van der Waals surface area (Å²) in [6, 6.07) is 25.6. The molecular weight excluding hydrogens is 524 g/mol. The van der Waals surface area contributed by atoms with Crippen molar-refractivity contribution in [3.8, 4) is 0 Å². The third-order valence-electron chi connectivity index (χ3n) is 5.62. The molecule has 39 heavy (non-hydrogen) atoms. The van der Waals surface area contributed by atoms with E-state index in [-0.39, 0.29) is 18.8 Å². The van der Waals surface area contributed by atoms with Crippen molar-refractivity contribution in [2.45, 2.75) is 36.4 Å².